The molecule has 1 aliphatic heterocycles. The number of nitrogens with zero attached hydrogens (tertiary/aromatic N) is 1. The van der Waals surface area contributed by atoms with Gasteiger partial charge in [-0.15, -0.1) is 11.6 Å². The van der Waals surface area contributed by atoms with Gasteiger partial charge in [0.1, 0.15) is 0 Å². The maximum atomic E-state index is 12.7. The van der Waals surface area contributed by atoms with E-state index >= 15 is 0 Å². The molecule has 112 valence electrons. The van der Waals surface area contributed by atoms with E-state index in [1.165, 1.54) is 4.31 Å². The van der Waals surface area contributed by atoms with Crippen LogP contribution in [-0.4, -0.2) is 38.0 Å². The number of halogens is 2. The van der Waals surface area contributed by atoms with E-state index in [1.807, 2.05) is 13.8 Å². The molecule has 1 aromatic rings. The number of rotatable bonds is 3. The van der Waals surface area contributed by atoms with Gasteiger partial charge < -0.3 is 4.74 Å². The Morgan fingerprint density at radius 1 is 1.45 bits per heavy atom. The van der Waals surface area contributed by atoms with Crippen LogP contribution in [0.5, 0.6) is 0 Å². The number of morpholine rings is 1. The van der Waals surface area contributed by atoms with Crippen molar-refractivity contribution in [2.24, 2.45) is 0 Å². The Bertz CT molecular complexity index is 604. The van der Waals surface area contributed by atoms with Crippen LogP contribution in [-0.2, 0) is 20.6 Å². The minimum absolute atomic E-state index is 0.268. The molecule has 0 aliphatic carbocycles. The minimum atomic E-state index is -3.53. The summed E-state index contributed by atoms with van der Waals surface area (Å²) in [5.41, 5.74) is 0.410. The van der Waals surface area contributed by atoms with E-state index in [4.69, 9.17) is 16.3 Å². The molecule has 1 saturated heterocycles. The Morgan fingerprint density at radius 2 is 2.15 bits per heavy atom. The number of ether oxygens (including phenoxy) is 1. The number of sulfonamides is 1. The van der Waals surface area contributed by atoms with Crippen molar-refractivity contribution in [1.29, 1.82) is 0 Å². The molecule has 0 aromatic heterocycles. The van der Waals surface area contributed by atoms with Crippen LogP contribution >= 0.6 is 27.5 Å². The summed E-state index contributed by atoms with van der Waals surface area (Å²) in [5, 5.41) is 0. The summed E-state index contributed by atoms with van der Waals surface area (Å²) >= 11 is 9.08. The van der Waals surface area contributed by atoms with Gasteiger partial charge >= 0.3 is 0 Å². The summed E-state index contributed by atoms with van der Waals surface area (Å²) in [5.74, 6) is 0.351. The molecule has 2 rings (SSSR count). The molecule has 1 heterocycles. The summed E-state index contributed by atoms with van der Waals surface area (Å²) in [6, 6.07) is 5.07. The standard InChI is InChI=1S/C13H17BrClNO3S/c1-13(2)9-16(5-6-19-13)20(17,18)12-4-3-10(8-15)7-11(12)14/h3-4,7H,5-6,8-9H2,1-2H3. The van der Waals surface area contributed by atoms with Gasteiger partial charge in [-0.05, 0) is 47.5 Å². The van der Waals surface area contributed by atoms with E-state index in [2.05, 4.69) is 15.9 Å². The van der Waals surface area contributed by atoms with Gasteiger partial charge in [0.05, 0.1) is 17.1 Å². The van der Waals surface area contributed by atoms with Crippen LogP contribution in [0.1, 0.15) is 19.4 Å². The molecule has 1 aromatic carbocycles. The first-order chi connectivity index (χ1) is 9.26. The van der Waals surface area contributed by atoms with Crippen LogP contribution in [0, 0.1) is 0 Å². The third kappa shape index (κ3) is 3.36. The average Bonchev–Trinajstić information content (AvgIpc) is 2.37. The third-order valence-corrected chi connectivity index (χ3v) is 6.29. The van der Waals surface area contributed by atoms with Crippen molar-refractivity contribution in [2.45, 2.75) is 30.2 Å². The molecule has 7 heteroatoms. The molecule has 20 heavy (non-hydrogen) atoms. The lowest BCUT2D eigenvalue weighted by atomic mass is 10.1. The first-order valence-corrected chi connectivity index (χ1v) is 9.01. The van der Waals surface area contributed by atoms with Crippen molar-refractivity contribution >= 4 is 37.6 Å². The second kappa shape index (κ2) is 5.93. The van der Waals surface area contributed by atoms with Gasteiger partial charge in [0.15, 0.2) is 0 Å². The fraction of sp³-hybridized carbons (Fsp3) is 0.538. The zero-order valence-electron chi connectivity index (χ0n) is 11.4. The Labute approximate surface area is 133 Å². The Hall–Kier alpha value is -0.140. The van der Waals surface area contributed by atoms with Crippen LogP contribution in [0.3, 0.4) is 0 Å². The molecule has 1 fully saturated rings. The van der Waals surface area contributed by atoms with Crippen molar-refractivity contribution in [3.8, 4) is 0 Å². The van der Waals surface area contributed by atoms with Gasteiger partial charge in [-0.25, -0.2) is 8.42 Å². The summed E-state index contributed by atoms with van der Waals surface area (Å²) < 4.78 is 33.0. The zero-order valence-corrected chi connectivity index (χ0v) is 14.6. The molecule has 0 saturated carbocycles. The van der Waals surface area contributed by atoms with Gasteiger partial charge in [0.25, 0.3) is 0 Å². The highest BCUT2D eigenvalue weighted by atomic mass is 79.9. The lowest BCUT2D eigenvalue weighted by Crippen LogP contribution is -2.50. The van der Waals surface area contributed by atoms with Crippen molar-refractivity contribution in [2.75, 3.05) is 19.7 Å². The van der Waals surface area contributed by atoms with E-state index in [9.17, 15) is 8.42 Å². The van der Waals surface area contributed by atoms with Crippen LogP contribution in [0.15, 0.2) is 27.6 Å². The molecule has 1 aliphatic rings. The lowest BCUT2D eigenvalue weighted by molar-refractivity contribution is -0.0640. The Balaban J connectivity index is 2.35. The van der Waals surface area contributed by atoms with Crippen LogP contribution in [0.4, 0.5) is 0 Å². The van der Waals surface area contributed by atoms with Crippen LogP contribution in [0.2, 0.25) is 0 Å². The fourth-order valence-electron chi connectivity index (χ4n) is 2.15. The summed E-state index contributed by atoms with van der Waals surface area (Å²) in [4.78, 5) is 0.268. The molecular weight excluding hydrogens is 366 g/mol. The second-order valence-electron chi connectivity index (χ2n) is 5.35. The van der Waals surface area contributed by atoms with E-state index < -0.39 is 15.6 Å². The van der Waals surface area contributed by atoms with Gasteiger partial charge in [-0.3, -0.25) is 0 Å². The zero-order chi connectivity index (χ0) is 15.0. The first-order valence-electron chi connectivity index (χ1n) is 6.25. The molecule has 4 nitrogen and oxygen atoms in total. The minimum Gasteiger partial charge on any atom is -0.373 e. The van der Waals surface area contributed by atoms with E-state index in [0.29, 0.717) is 30.0 Å². The average molecular weight is 383 g/mol. The largest absolute Gasteiger partial charge is 0.373 e. The molecule has 0 atom stereocenters. The number of hydrogen-bond acceptors (Lipinski definition) is 3. The molecule has 0 radical (unpaired) electrons. The van der Waals surface area contributed by atoms with Crippen LogP contribution in [0.25, 0.3) is 0 Å². The predicted molar refractivity (Wildman–Crippen MR) is 82.5 cm³/mol. The number of benzene rings is 1. The second-order valence-corrected chi connectivity index (χ2v) is 8.37. The highest BCUT2D eigenvalue weighted by Gasteiger charge is 2.35. The van der Waals surface area contributed by atoms with E-state index in [-0.39, 0.29) is 4.90 Å². The lowest BCUT2D eigenvalue weighted by Gasteiger charge is -2.37. The number of hydrogen-bond donors (Lipinski definition) is 0. The van der Waals surface area contributed by atoms with Gasteiger partial charge in [-0.1, -0.05) is 6.07 Å². The maximum Gasteiger partial charge on any atom is 0.244 e. The molecule has 0 spiro atoms. The third-order valence-electron chi connectivity index (χ3n) is 3.16. The summed E-state index contributed by atoms with van der Waals surface area (Å²) in [6.07, 6.45) is 0. The quantitative estimate of drug-likeness (QED) is 0.755. The van der Waals surface area contributed by atoms with Crippen molar-refractivity contribution < 1.29 is 13.2 Å². The van der Waals surface area contributed by atoms with Crippen molar-refractivity contribution in [3.63, 3.8) is 0 Å². The maximum absolute atomic E-state index is 12.7. The summed E-state index contributed by atoms with van der Waals surface area (Å²) in [6.45, 7) is 4.90. The predicted octanol–water partition coefficient (Wildman–Crippen LogP) is 2.99. The number of alkyl halides is 1. The smallest absolute Gasteiger partial charge is 0.244 e. The Kier molecular flexibility index (Phi) is 4.81. The van der Waals surface area contributed by atoms with E-state index in [0.717, 1.165) is 5.56 Å². The van der Waals surface area contributed by atoms with E-state index in [1.54, 1.807) is 18.2 Å². The highest BCUT2D eigenvalue weighted by Crippen LogP contribution is 2.29. The Morgan fingerprint density at radius 3 is 2.70 bits per heavy atom. The van der Waals surface area contributed by atoms with Gasteiger partial charge in [0, 0.05) is 23.4 Å². The summed E-state index contributed by atoms with van der Waals surface area (Å²) in [7, 11) is -3.53. The monoisotopic (exact) mass is 381 g/mol. The molecule has 0 N–H and O–H groups in total. The normalized spacial score (nSPS) is 20.0. The molecule has 0 unspecified atom stereocenters. The molecule has 0 amide bonds. The molecule has 0 bridgehead atoms. The van der Waals surface area contributed by atoms with Gasteiger partial charge in [0.2, 0.25) is 10.0 Å². The first kappa shape index (κ1) is 16.2. The topological polar surface area (TPSA) is 46.6 Å². The highest BCUT2D eigenvalue weighted by molar-refractivity contribution is 9.10. The molecular formula is C13H17BrClNO3S. The van der Waals surface area contributed by atoms with Crippen LogP contribution < -0.4 is 0 Å². The fourth-order valence-corrected chi connectivity index (χ4v) is 4.98. The van der Waals surface area contributed by atoms with Gasteiger partial charge in [-0.2, -0.15) is 4.31 Å². The SMILES string of the molecule is CC1(C)CN(S(=O)(=O)c2ccc(CCl)cc2Br)CCO1. The van der Waals surface area contributed by atoms with Crippen molar-refractivity contribution in [1.82, 2.24) is 4.31 Å². The van der Waals surface area contributed by atoms with Crippen molar-refractivity contribution in [3.05, 3.63) is 28.2 Å².